The summed E-state index contributed by atoms with van der Waals surface area (Å²) in [6, 6.07) is 0.152. The summed E-state index contributed by atoms with van der Waals surface area (Å²) in [6.07, 6.45) is 2.42. The van der Waals surface area contributed by atoms with Gasteiger partial charge in [-0.25, -0.2) is 4.98 Å². The zero-order valence-electron chi connectivity index (χ0n) is 11.9. The first kappa shape index (κ1) is 16.5. The maximum atomic E-state index is 9.75. The van der Waals surface area contributed by atoms with E-state index in [2.05, 4.69) is 24.1 Å². The van der Waals surface area contributed by atoms with E-state index >= 15 is 0 Å². The number of methoxy groups -OCH3 is 1. The Balaban J connectivity index is 2.20. The number of hydrogen-bond donors (Lipinski definition) is 2. The molecule has 0 spiro atoms. The second-order valence-corrected chi connectivity index (χ2v) is 5.52. The van der Waals surface area contributed by atoms with Crippen molar-refractivity contribution in [3.63, 3.8) is 0 Å². The molecule has 0 aliphatic carbocycles. The summed E-state index contributed by atoms with van der Waals surface area (Å²) in [5, 5.41) is 14.1. The Hall–Kier alpha value is -0.530. The van der Waals surface area contributed by atoms with E-state index < -0.39 is 6.10 Å². The summed E-state index contributed by atoms with van der Waals surface area (Å²) < 4.78 is 10.1. The zero-order chi connectivity index (χ0) is 14.1. The van der Waals surface area contributed by atoms with Crippen molar-refractivity contribution in [1.29, 1.82) is 0 Å². The molecule has 0 aromatic carbocycles. The predicted molar refractivity (Wildman–Crippen MR) is 76.6 cm³/mol. The number of aryl methyl sites for hydroxylation is 1. The van der Waals surface area contributed by atoms with Crippen molar-refractivity contribution in [1.82, 2.24) is 10.3 Å². The van der Waals surface area contributed by atoms with Crippen molar-refractivity contribution in [3.05, 3.63) is 16.1 Å². The molecule has 0 fully saturated rings. The Kier molecular flexibility index (Phi) is 8.16. The van der Waals surface area contributed by atoms with Gasteiger partial charge in [0.25, 0.3) is 0 Å². The summed E-state index contributed by atoms with van der Waals surface area (Å²) in [6.45, 7) is 6.05. The van der Waals surface area contributed by atoms with Crippen LogP contribution in [-0.2, 0) is 15.9 Å². The highest BCUT2D eigenvalue weighted by Gasteiger charge is 2.12. The van der Waals surface area contributed by atoms with E-state index in [0.29, 0.717) is 26.4 Å². The number of rotatable bonds is 10. The smallest absolute Gasteiger partial charge is 0.109 e. The lowest BCUT2D eigenvalue weighted by molar-refractivity contribution is 0.0130. The van der Waals surface area contributed by atoms with Crippen molar-refractivity contribution in [3.8, 4) is 0 Å². The van der Waals surface area contributed by atoms with Gasteiger partial charge in [-0.3, -0.25) is 0 Å². The average Bonchev–Trinajstić information content (AvgIpc) is 2.90. The Morgan fingerprint density at radius 1 is 1.47 bits per heavy atom. The summed E-state index contributed by atoms with van der Waals surface area (Å²) >= 11 is 1.71. The molecule has 0 radical (unpaired) electrons. The van der Waals surface area contributed by atoms with Crippen LogP contribution in [0, 0.1) is 0 Å². The maximum absolute atomic E-state index is 9.75. The SMILES string of the molecule is CCc1cnc(C(C)NCC(O)COCCOC)s1. The highest BCUT2D eigenvalue weighted by atomic mass is 32.1. The van der Waals surface area contributed by atoms with E-state index in [1.165, 1.54) is 4.88 Å². The lowest BCUT2D eigenvalue weighted by Gasteiger charge is -2.15. The molecule has 0 aliphatic heterocycles. The molecule has 19 heavy (non-hydrogen) atoms. The first-order valence-corrected chi connectivity index (χ1v) is 7.41. The standard InChI is InChI=1S/C13H24N2O3S/c1-4-12-8-15-13(19-12)10(2)14-7-11(16)9-18-6-5-17-3/h8,10-11,14,16H,4-7,9H2,1-3H3. The molecule has 1 heterocycles. The van der Waals surface area contributed by atoms with Crippen LogP contribution in [0.1, 0.15) is 29.8 Å². The Morgan fingerprint density at radius 3 is 2.89 bits per heavy atom. The first-order valence-electron chi connectivity index (χ1n) is 6.60. The number of nitrogens with zero attached hydrogens (tertiary/aromatic N) is 1. The number of aliphatic hydroxyl groups excluding tert-OH is 1. The van der Waals surface area contributed by atoms with Crippen LogP contribution >= 0.6 is 11.3 Å². The number of aromatic nitrogens is 1. The zero-order valence-corrected chi connectivity index (χ0v) is 12.7. The van der Waals surface area contributed by atoms with E-state index in [1.807, 2.05) is 6.20 Å². The van der Waals surface area contributed by atoms with Crippen LogP contribution in [0.2, 0.25) is 0 Å². The van der Waals surface area contributed by atoms with Crippen molar-refractivity contribution in [2.24, 2.45) is 0 Å². The van der Waals surface area contributed by atoms with Crippen LogP contribution in [0.25, 0.3) is 0 Å². The molecule has 2 unspecified atom stereocenters. The van der Waals surface area contributed by atoms with Gasteiger partial charge in [0.1, 0.15) is 5.01 Å². The Morgan fingerprint density at radius 2 is 2.26 bits per heavy atom. The molecule has 5 nitrogen and oxygen atoms in total. The monoisotopic (exact) mass is 288 g/mol. The molecule has 1 rings (SSSR count). The maximum Gasteiger partial charge on any atom is 0.109 e. The third-order valence-corrected chi connectivity index (χ3v) is 4.02. The highest BCUT2D eigenvalue weighted by Crippen LogP contribution is 2.19. The quantitative estimate of drug-likeness (QED) is 0.637. The lowest BCUT2D eigenvalue weighted by Crippen LogP contribution is -2.32. The number of thiazole rings is 1. The molecule has 2 atom stereocenters. The Labute approximate surface area is 119 Å². The second-order valence-electron chi connectivity index (χ2n) is 4.37. The molecule has 6 heteroatoms. The Bertz CT molecular complexity index is 346. The minimum absolute atomic E-state index is 0.152. The largest absolute Gasteiger partial charge is 0.389 e. The topological polar surface area (TPSA) is 63.6 Å². The summed E-state index contributed by atoms with van der Waals surface area (Å²) in [5.74, 6) is 0. The molecular formula is C13H24N2O3S. The van der Waals surface area contributed by atoms with E-state index in [-0.39, 0.29) is 6.04 Å². The van der Waals surface area contributed by atoms with Gasteiger partial charge in [0.2, 0.25) is 0 Å². The third-order valence-electron chi connectivity index (χ3n) is 2.69. The van der Waals surface area contributed by atoms with E-state index in [0.717, 1.165) is 11.4 Å². The van der Waals surface area contributed by atoms with Gasteiger partial charge in [-0.1, -0.05) is 6.92 Å². The number of aliphatic hydroxyl groups is 1. The van der Waals surface area contributed by atoms with Gasteiger partial charge in [-0.15, -0.1) is 11.3 Å². The predicted octanol–water partition coefficient (Wildman–Crippen LogP) is 1.38. The van der Waals surface area contributed by atoms with Crippen molar-refractivity contribution in [2.45, 2.75) is 32.4 Å². The summed E-state index contributed by atoms with van der Waals surface area (Å²) in [5.41, 5.74) is 0. The van der Waals surface area contributed by atoms with Gasteiger partial charge in [0.05, 0.1) is 32.0 Å². The third kappa shape index (κ3) is 6.44. The number of nitrogens with one attached hydrogen (secondary N) is 1. The molecule has 2 N–H and O–H groups in total. The van der Waals surface area contributed by atoms with Gasteiger partial charge in [0.15, 0.2) is 0 Å². The fourth-order valence-corrected chi connectivity index (χ4v) is 2.39. The minimum Gasteiger partial charge on any atom is -0.389 e. The molecule has 1 aromatic rings. The number of hydrogen-bond acceptors (Lipinski definition) is 6. The molecule has 0 bridgehead atoms. The highest BCUT2D eigenvalue weighted by molar-refractivity contribution is 7.11. The first-order chi connectivity index (χ1) is 9.17. The van der Waals surface area contributed by atoms with Crippen LogP contribution in [0.5, 0.6) is 0 Å². The molecule has 110 valence electrons. The van der Waals surface area contributed by atoms with Gasteiger partial charge in [0, 0.05) is 24.7 Å². The van der Waals surface area contributed by atoms with E-state index in [1.54, 1.807) is 18.4 Å². The minimum atomic E-state index is -0.509. The molecular weight excluding hydrogens is 264 g/mol. The van der Waals surface area contributed by atoms with Crippen molar-refractivity contribution in [2.75, 3.05) is 33.5 Å². The molecule has 0 amide bonds. The van der Waals surface area contributed by atoms with Crippen LogP contribution in [0.15, 0.2) is 6.20 Å². The van der Waals surface area contributed by atoms with Crippen molar-refractivity contribution < 1.29 is 14.6 Å². The van der Waals surface area contributed by atoms with Gasteiger partial charge < -0.3 is 19.9 Å². The summed E-state index contributed by atoms with van der Waals surface area (Å²) in [4.78, 5) is 5.66. The average molecular weight is 288 g/mol. The van der Waals surface area contributed by atoms with Crippen LogP contribution in [-0.4, -0.2) is 49.7 Å². The molecule has 0 aliphatic rings. The second kappa shape index (κ2) is 9.39. The van der Waals surface area contributed by atoms with Crippen LogP contribution < -0.4 is 5.32 Å². The van der Waals surface area contributed by atoms with Gasteiger partial charge in [-0.2, -0.15) is 0 Å². The van der Waals surface area contributed by atoms with Crippen LogP contribution in [0.4, 0.5) is 0 Å². The molecule has 1 aromatic heterocycles. The van der Waals surface area contributed by atoms with Gasteiger partial charge >= 0.3 is 0 Å². The molecule has 0 saturated heterocycles. The number of ether oxygens (including phenoxy) is 2. The fraction of sp³-hybridized carbons (Fsp3) is 0.769. The van der Waals surface area contributed by atoms with Gasteiger partial charge in [-0.05, 0) is 13.3 Å². The summed E-state index contributed by atoms with van der Waals surface area (Å²) in [7, 11) is 1.63. The van der Waals surface area contributed by atoms with Crippen molar-refractivity contribution >= 4 is 11.3 Å². The normalized spacial score (nSPS) is 14.5. The van der Waals surface area contributed by atoms with E-state index in [4.69, 9.17) is 9.47 Å². The van der Waals surface area contributed by atoms with Crippen LogP contribution in [0.3, 0.4) is 0 Å². The molecule has 0 saturated carbocycles. The van der Waals surface area contributed by atoms with E-state index in [9.17, 15) is 5.11 Å². The lowest BCUT2D eigenvalue weighted by atomic mass is 10.3. The fourth-order valence-electron chi connectivity index (χ4n) is 1.51.